The molecule has 0 aromatic heterocycles. The fourth-order valence-electron chi connectivity index (χ4n) is 2.70. The molecule has 2 atom stereocenters. The third-order valence-corrected chi connectivity index (χ3v) is 5.85. The third kappa shape index (κ3) is 2.45. The molecule has 18 heavy (non-hydrogen) atoms. The Morgan fingerprint density at radius 2 is 1.56 bits per heavy atom. The number of rotatable bonds is 2. The van der Waals surface area contributed by atoms with Crippen LogP contribution in [0.25, 0.3) is 0 Å². The van der Waals surface area contributed by atoms with Crippen molar-refractivity contribution in [1.82, 2.24) is 4.31 Å². The van der Waals surface area contributed by atoms with E-state index in [9.17, 15) is 8.42 Å². The highest BCUT2D eigenvalue weighted by Crippen LogP contribution is 2.29. The van der Waals surface area contributed by atoms with Crippen molar-refractivity contribution in [1.29, 1.82) is 0 Å². The second kappa shape index (κ2) is 5.02. The molecule has 0 bridgehead atoms. The summed E-state index contributed by atoms with van der Waals surface area (Å²) in [5, 5.41) is 0. The van der Waals surface area contributed by atoms with Gasteiger partial charge in [0.05, 0.1) is 4.90 Å². The van der Waals surface area contributed by atoms with Crippen molar-refractivity contribution in [2.75, 3.05) is 0 Å². The molecule has 3 nitrogen and oxygen atoms in total. The summed E-state index contributed by atoms with van der Waals surface area (Å²) in [6.45, 7) is 5.96. The Hall–Kier alpha value is -0.870. The normalized spacial score (nSPS) is 26.2. The predicted octanol–water partition coefficient (Wildman–Crippen LogP) is 2.95. The van der Waals surface area contributed by atoms with Gasteiger partial charge in [0, 0.05) is 12.1 Å². The molecule has 1 fully saturated rings. The molecule has 0 amide bonds. The second-order valence-corrected chi connectivity index (χ2v) is 7.12. The predicted molar refractivity (Wildman–Crippen MR) is 73.0 cm³/mol. The molecule has 4 heteroatoms. The molecule has 0 aliphatic carbocycles. The molecule has 1 heterocycles. The van der Waals surface area contributed by atoms with Gasteiger partial charge >= 0.3 is 0 Å². The zero-order valence-electron chi connectivity index (χ0n) is 11.3. The lowest BCUT2D eigenvalue weighted by Crippen LogP contribution is -2.47. The van der Waals surface area contributed by atoms with Crippen LogP contribution in [0.1, 0.15) is 38.7 Å². The molecule has 0 spiro atoms. The van der Waals surface area contributed by atoms with Gasteiger partial charge < -0.3 is 0 Å². The maximum Gasteiger partial charge on any atom is 0.243 e. The summed E-state index contributed by atoms with van der Waals surface area (Å²) in [6, 6.07) is 7.32. The lowest BCUT2D eigenvalue weighted by Gasteiger charge is -2.37. The van der Waals surface area contributed by atoms with Crippen LogP contribution in [0.15, 0.2) is 29.2 Å². The molecule has 2 unspecified atom stereocenters. The van der Waals surface area contributed by atoms with E-state index in [1.54, 1.807) is 16.4 Å². The molecule has 1 aromatic carbocycles. The largest absolute Gasteiger partial charge is 0.243 e. The van der Waals surface area contributed by atoms with Crippen LogP contribution in [0.4, 0.5) is 0 Å². The van der Waals surface area contributed by atoms with E-state index in [1.165, 1.54) is 0 Å². The van der Waals surface area contributed by atoms with Gasteiger partial charge in [-0.2, -0.15) is 4.31 Å². The highest BCUT2D eigenvalue weighted by molar-refractivity contribution is 7.89. The van der Waals surface area contributed by atoms with Gasteiger partial charge in [0.15, 0.2) is 0 Å². The molecule has 0 saturated carbocycles. The first-order valence-corrected chi connectivity index (χ1v) is 7.97. The van der Waals surface area contributed by atoms with Crippen molar-refractivity contribution in [3.05, 3.63) is 29.8 Å². The monoisotopic (exact) mass is 267 g/mol. The summed E-state index contributed by atoms with van der Waals surface area (Å²) in [7, 11) is -3.34. The first kappa shape index (κ1) is 13.6. The Balaban J connectivity index is 2.38. The van der Waals surface area contributed by atoms with E-state index in [2.05, 4.69) is 0 Å². The minimum Gasteiger partial charge on any atom is -0.207 e. The molecular weight excluding hydrogens is 246 g/mol. The van der Waals surface area contributed by atoms with Crippen LogP contribution in [-0.4, -0.2) is 24.8 Å². The van der Waals surface area contributed by atoms with Gasteiger partial charge in [0.1, 0.15) is 0 Å². The maximum absolute atomic E-state index is 12.6. The van der Waals surface area contributed by atoms with Crippen molar-refractivity contribution in [2.24, 2.45) is 0 Å². The highest BCUT2D eigenvalue weighted by atomic mass is 32.2. The SMILES string of the molecule is Cc1ccc(S(=O)(=O)N2C(C)CCCC2C)cc1. The standard InChI is InChI=1S/C14H21NO2S/c1-11-7-9-14(10-8-11)18(16,17)15-12(2)5-4-6-13(15)3/h7-10,12-13H,4-6H2,1-3H3. The van der Waals surface area contributed by atoms with E-state index in [0.29, 0.717) is 4.90 Å². The number of benzene rings is 1. The Labute approximate surface area is 110 Å². The third-order valence-electron chi connectivity index (χ3n) is 3.71. The molecule has 100 valence electrons. The molecule has 1 saturated heterocycles. The van der Waals surface area contributed by atoms with Crippen LogP contribution in [-0.2, 0) is 10.0 Å². The van der Waals surface area contributed by atoms with Gasteiger partial charge in [-0.1, -0.05) is 24.1 Å². The summed E-state index contributed by atoms with van der Waals surface area (Å²) in [5.41, 5.74) is 1.08. The molecule has 0 N–H and O–H groups in total. The van der Waals surface area contributed by atoms with Crippen LogP contribution in [0, 0.1) is 6.92 Å². The molecule has 1 aliphatic heterocycles. The number of hydrogen-bond acceptors (Lipinski definition) is 2. The van der Waals surface area contributed by atoms with Gasteiger partial charge in [-0.25, -0.2) is 8.42 Å². The Bertz CT molecular complexity index is 497. The average molecular weight is 267 g/mol. The molecular formula is C14H21NO2S. The maximum atomic E-state index is 12.6. The fraction of sp³-hybridized carbons (Fsp3) is 0.571. The topological polar surface area (TPSA) is 37.4 Å². The van der Waals surface area contributed by atoms with E-state index in [4.69, 9.17) is 0 Å². The van der Waals surface area contributed by atoms with Gasteiger partial charge in [0.2, 0.25) is 10.0 Å². The van der Waals surface area contributed by atoms with Gasteiger partial charge in [-0.3, -0.25) is 0 Å². The van der Waals surface area contributed by atoms with Crippen molar-refractivity contribution in [3.8, 4) is 0 Å². The minimum absolute atomic E-state index is 0.0973. The van der Waals surface area contributed by atoms with Gasteiger partial charge in [0.25, 0.3) is 0 Å². The number of sulfonamides is 1. The summed E-state index contributed by atoms with van der Waals surface area (Å²) in [4.78, 5) is 0.411. The van der Waals surface area contributed by atoms with E-state index in [1.807, 2.05) is 32.9 Å². The summed E-state index contributed by atoms with van der Waals surface area (Å²) < 4.78 is 27.0. The van der Waals surface area contributed by atoms with E-state index in [0.717, 1.165) is 24.8 Å². The Morgan fingerprint density at radius 3 is 2.06 bits per heavy atom. The van der Waals surface area contributed by atoms with E-state index < -0.39 is 10.0 Å². The van der Waals surface area contributed by atoms with Crippen LogP contribution in [0.3, 0.4) is 0 Å². The summed E-state index contributed by atoms with van der Waals surface area (Å²) >= 11 is 0. The number of aryl methyl sites for hydroxylation is 1. The molecule has 1 aromatic rings. The van der Waals surface area contributed by atoms with Crippen molar-refractivity contribution in [3.63, 3.8) is 0 Å². The second-order valence-electron chi connectivity index (χ2n) is 5.28. The van der Waals surface area contributed by atoms with Crippen LogP contribution >= 0.6 is 0 Å². The van der Waals surface area contributed by atoms with Crippen LogP contribution in [0.2, 0.25) is 0 Å². The zero-order chi connectivity index (χ0) is 13.3. The smallest absolute Gasteiger partial charge is 0.207 e. The summed E-state index contributed by atoms with van der Waals surface area (Å²) in [5.74, 6) is 0. The number of nitrogens with zero attached hydrogens (tertiary/aromatic N) is 1. The van der Waals surface area contributed by atoms with Crippen molar-refractivity contribution in [2.45, 2.75) is 57.0 Å². The summed E-state index contributed by atoms with van der Waals surface area (Å²) in [6.07, 6.45) is 3.02. The van der Waals surface area contributed by atoms with Crippen LogP contribution < -0.4 is 0 Å². The van der Waals surface area contributed by atoms with Gasteiger partial charge in [-0.05, 0) is 45.7 Å². The first-order valence-electron chi connectivity index (χ1n) is 6.53. The fourth-order valence-corrected chi connectivity index (χ4v) is 4.59. The zero-order valence-corrected chi connectivity index (χ0v) is 12.1. The lowest BCUT2D eigenvalue weighted by molar-refractivity contribution is 0.204. The highest BCUT2D eigenvalue weighted by Gasteiger charge is 2.35. The first-order chi connectivity index (χ1) is 8.43. The average Bonchev–Trinajstić information content (AvgIpc) is 2.29. The quantitative estimate of drug-likeness (QED) is 0.826. The Kier molecular flexibility index (Phi) is 3.78. The number of hydrogen-bond donors (Lipinski definition) is 0. The van der Waals surface area contributed by atoms with Crippen molar-refractivity contribution < 1.29 is 8.42 Å². The minimum atomic E-state index is -3.34. The van der Waals surface area contributed by atoms with E-state index in [-0.39, 0.29) is 12.1 Å². The van der Waals surface area contributed by atoms with Crippen molar-refractivity contribution >= 4 is 10.0 Å². The molecule has 2 rings (SSSR count). The molecule has 1 aliphatic rings. The number of piperidine rings is 1. The van der Waals surface area contributed by atoms with E-state index >= 15 is 0 Å². The lowest BCUT2D eigenvalue weighted by atomic mass is 10.0. The molecule has 0 radical (unpaired) electrons. The van der Waals surface area contributed by atoms with Crippen LogP contribution in [0.5, 0.6) is 0 Å². The Morgan fingerprint density at radius 1 is 1.06 bits per heavy atom. The van der Waals surface area contributed by atoms with Gasteiger partial charge in [-0.15, -0.1) is 0 Å².